The third kappa shape index (κ3) is 4.13. The van der Waals surface area contributed by atoms with Crippen molar-refractivity contribution in [3.05, 3.63) is 83.1 Å². The van der Waals surface area contributed by atoms with Gasteiger partial charge in [0.1, 0.15) is 11.5 Å². The Balaban J connectivity index is 1.41. The number of fused-ring (bicyclic) bond motifs is 1. The Morgan fingerprint density at radius 1 is 1.09 bits per heavy atom. The minimum Gasteiger partial charge on any atom is -0.479 e. The molecule has 33 heavy (non-hydrogen) atoms. The standard InChI is InChI=1S/C24H22F2N6O/c1-15-13-31(14-27-15)21-9-6-17(28-24(21)33-2)7-10-22-29-23-18(4-3-11-32(23)30-22)16-5-8-19(25)20(26)12-16/h5-10,12-14,18H,3-4,11H2,1-2H3/b10-7+/t18-/m1/s1. The molecule has 1 aromatic carbocycles. The molecule has 1 aliphatic heterocycles. The zero-order valence-corrected chi connectivity index (χ0v) is 18.2. The van der Waals surface area contributed by atoms with E-state index in [1.54, 1.807) is 25.6 Å². The highest BCUT2D eigenvalue weighted by atomic mass is 19.2. The number of ether oxygens (including phenoxy) is 1. The zero-order valence-electron chi connectivity index (χ0n) is 18.2. The van der Waals surface area contributed by atoms with E-state index in [-0.39, 0.29) is 5.92 Å². The van der Waals surface area contributed by atoms with Crippen molar-refractivity contribution in [2.45, 2.75) is 32.2 Å². The van der Waals surface area contributed by atoms with Crippen LogP contribution < -0.4 is 4.74 Å². The third-order valence-electron chi connectivity index (χ3n) is 5.69. The van der Waals surface area contributed by atoms with Crippen molar-refractivity contribution in [1.29, 1.82) is 0 Å². The maximum absolute atomic E-state index is 13.8. The highest BCUT2D eigenvalue weighted by molar-refractivity contribution is 5.65. The maximum atomic E-state index is 13.8. The highest BCUT2D eigenvalue weighted by Gasteiger charge is 2.26. The van der Waals surface area contributed by atoms with Gasteiger partial charge in [0.2, 0.25) is 5.88 Å². The Labute approximate surface area is 189 Å². The third-order valence-corrected chi connectivity index (χ3v) is 5.69. The normalized spacial score (nSPS) is 15.7. The summed E-state index contributed by atoms with van der Waals surface area (Å²) in [7, 11) is 1.58. The first-order valence-corrected chi connectivity index (χ1v) is 10.7. The molecule has 7 nitrogen and oxygen atoms in total. The molecule has 9 heteroatoms. The highest BCUT2D eigenvalue weighted by Crippen LogP contribution is 2.33. The van der Waals surface area contributed by atoms with Crippen molar-refractivity contribution in [3.8, 4) is 11.6 Å². The molecular formula is C24H22F2N6O. The Bertz CT molecular complexity index is 1340. The Hall–Kier alpha value is -3.88. The molecule has 1 aliphatic rings. The molecule has 3 aromatic heterocycles. The summed E-state index contributed by atoms with van der Waals surface area (Å²) in [5.41, 5.74) is 3.09. The van der Waals surface area contributed by atoms with E-state index in [1.165, 1.54) is 6.07 Å². The number of rotatable bonds is 5. The van der Waals surface area contributed by atoms with Gasteiger partial charge in [-0.15, -0.1) is 0 Å². The Kier molecular flexibility index (Phi) is 5.45. The molecule has 168 valence electrons. The summed E-state index contributed by atoms with van der Waals surface area (Å²) in [5.74, 6) is -0.0575. The SMILES string of the molecule is COc1nc(/C=C/c2nc3n(n2)CCC[C@@H]3c2ccc(F)c(F)c2)ccc1-n1cnc(C)c1. The number of hydrogen-bond donors (Lipinski definition) is 0. The molecule has 0 saturated heterocycles. The van der Waals surface area contributed by atoms with Gasteiger partial charge in [-0.2, -0.15) is 5.10 Å². The monoisotopic (exact) mass is 448 g/mol. The molecule has 5 rings (SSSR count). The number of nitrogens with zero attached hydrogens (tertiary/aromatic N) is 6. The fourth-order valence-electron chi connectivity index (χ4n) is 4.08. The number of imidazole rings is 1. The van der Waals surface area contributed by atoms with Gasteiger partial charge in [0.15, 0.2) is 17.5 Å². The average molecular weight is 448 g/mol. The molecule has 4 aromatic rings. The number of hydrogen-bond acceptors (Lipinski definition) is 5. The first-order chi connectivity index (χ1) is 16.0. The molecule has 0 amide bonds. The lowest BCUT2D eigenvalue weighted by atomic mass is 9.91. The van der Waals surface area contributed by atoms with Gasteiger partial charge in [0.05, 0.1) is 24.8 Å². The molecule has 4 heterocycles. The van der Waals surface area contributed by atoms with Gasteiger partial charge in [-0.05, 0) is 61.7 Å². The van der Waals surface area contributed by atoms with Crippen LogP contribution in [0.25, 0.3) is 17.8 Å². The number of aromatic nitrogens is 6. The van der Waals surface area contributed by atoms with Gasteiger partial charge in [0.25, 0.3) is 0 Å². The van der Waals surface area contributed by atoms with Crippen LogP contribution in [0.1, 0.15) is 47.4 Å². The molecule has 0 saturated carbocycles. The van der Waals surface area contributed by atoms with Crippen molar-refractivity contribution >= 4 is 12.2 Å². The van der Waals surface area contributed by atoms with E-state index in [9.17, 15) is 8.78 Å². The van der Waals surface area contributed by atoms with E-state index in [1.807, 2.05) is 40.6 Å². The fourth-order valence-corrected chi connectivity index (χ4v) is 4.08. The first kappa shape index (κ1) is 21.0. The number of methoxy groups -OCH3 is 1. The van der Waals surface area contributed by atoms with Crippen molar-refractivity contribution in [2.24, 2.45) is 0 Å². The van der Waals surface area contributed by atoms with E-state index in [0.29, 0.717) is 23.0 Å². The fraction of sp³-hybridized carbons (Fsp3) is 0.250. The second-order valence-corrected chi connectivity index (χ2v) is 7.94. The van der Waals surface area contributed by atoms with Gasteiger partial charge in [-0.25, -0.2) is 28.4 Å². The summed E-state index contributed by atoms with van der Waals surface area (Å²) in [6.07, 6.45) is 8.92. The van der Waals surface area contributed by atoms with Crippen molar-refractivity contribution < 1.29 is 13.5 Å². The Morgan fingerprint density at radius 3 is 2.73 bits per heavy atom. The molecule has 0 aliphatic carbocycles. The largest absolute Gasteiger partial charge is 0.479 e. The van der Waals surface area contributed by atoms with Crippen LogP contribution in [0.5, 0.6) is 5.88 Å². The number of aryl methyl sites for hydroxylation is 2. The van der Waals surface area contributed by atoms with Crippen LogP contribution in [-0.4, -0.2) is 36.4 Å². The van der Waals surface area contributed by atoms with Gasteiger partial charge >= 0.3 is 0 Å². The van der Waals surface area contributed by atoms with Crippen LogP contribution in [0.2, 0.25) is 0 Å². The minimum atomic E-state index is -0.850. The average Bonchev–Trinajstić information content (AvgIpc) is 3.45. The smallest absolute Gasteiger partial charge is 0.238 e. The first-order valence-electron chi connectivity index (χ1n) is 10.7. The second kappa shape index (κ2) is 8.57. The second-order valence-electron chi connectivity index (χ2n) is 7.94. The molecule has 0 spiro atoms. The van der Waals surface area contributed by atoms with Crippen LogP contribution in [0.15, 0.2) is 42.9 Å². The van der Waals surface area contributed by atoms with Crippen molar-refractivity contribution in [2.75, 3.05) is 7.11 Å². The summed E-state index contributed by atoms with van der Waals surface area (Å²) < 4.78 is 36.3. The lowest BCUT2D eigenvalue weighted by Gasteiger charge is -2.22. The lowest BCUT2D eigenvalue weighted by molar-refractivity contribution is 0.395. The van der Waals surface area contributed by atoms with Gasteiger partial charge in [0, 0.05) is 18.7 Å². The van der Waals surface area contributed by atoms with Crippen molar-refractivity contribution in [1.82, 2.24) is 29.3 Å². The van der Waals surface area contributed by atoms with Crippen LogP contribution in [0.4, 0.5) is 8.78 Å². The zero-order chi connectivity index (χ0) is 22.9. The maximum Gasteiger partial charge on any atom is 0.238 e. The van der Waals surface area contributed by atoms with Gasteiger partial charge in [-0.3, -0.25) is 0 Å². The lowest BCUT2D eigenvalue weighted by Crippen LogP contribution is -2.18. The molecule has 0 fully saturated rings. The van der Waals surface area contributed by atoms with Crippen LogP contribution in [0, 0.1) is 18.6 Å². The van der Waals surface area contributed by atoms with Crippen LogP contribution in [0.3, 0.4) is 0 Å². The number of halogens is 2. The summed E-state index contributed by atoms with van der Waals surface area (Å²) in [6.45, 7) is 2.66. The molecular weight excluding hydrogens is 426 g/mol. The van der Waals surface area contributed by atoms with E-state index in [4.69, 9.17) is 4.74 Å². The van der Waals surface area contributed by atoms with Crippen molar-refractivity contribution in [3.63, 3.8) is 0 Å². The summed E-state index contributed by atoms with van der Waals surface area (Å²) in [4.78, 5) is 13.5. The van der Waals surface area contributed by atoms with E-state index in [2.05, 4.69) is 20.1 Å². The summed E-state index contributed by atoms with van der Waals surface area (Å²) in [5, 5.41) is 4.57. The van der Waals surface area contributed by atoms with Gasteiger partial charge in [-0.1, -0.05) is 6.07 Å². The van der Waals surface area contributed by atoms with E-state index < -0.39 is 11.6 Å². The molecule has 0 N–H and O–H groups in total. The topological polar surface area (TPSA) is 70.7 Å². The summed E-state index contributed by atoms with van der Waals surface area (Å²) >= 11 is 0. The number of pyridine rings is 1. The molecule has 1 atom stereocenters. The van der Waals surface area contributed by atoms with Crippen LogP contribution >= 0.6 is 0 Å². The quantitative estimate of drug-likeness (QED) is 0.448. The summed E-state index contributed by atoms with van der Waals surface area (Å²) in [6, 6.07) is 7.82. The Morgan fingerprint density at radius 2 is 1.97 bits per heavy atom. The van der Waals surface area contributed by atoms with Gasteiger partial charge < -0.3 is 9.30 Å². The molecule has 0 radical (unpaired) electrons. The van der Waals surface area contributed by atoms with E-state index >= 15 is 0 Å². The van der Waals surface area contributed by atoms with E-state index in [0.717, 1.165) is 42.7 Å². The molecule has 0 unspecified atom stereocenters. The predicted molar refractivity (Wildman–Crippen MR) is 119 cm³/mol. The minimum absolute atomic E-state index is 0.125. The predicted octanol–water partition coefficient (Wildman–Crippen LogP) is 4.55. The van der Waals surface area contributed by atoms with Crippen LogP contribution in [-0.2, 0) is 6.54 Å². The molecule has 0 bridgehead atoms. The number of benzene rings is 1.